The predicted molar refractivity (Wildman–Crippen MR) is 39.8 cm³/mol. The van der Waals surface area contributed by atoms with E-state index in [9.17, 15) is 0 Å². The van der Waals surface area contributed by atoms with E-state index in [1.807, 2.05) is 0 Å². The molecule has 1 heterocycles. The molecule has 1 rings (SSSR count). The van der Waals surface area contributed by atoms with E-state index in [-0.39, 0.29) is 11.6 Å². The number of hydrogen-bond donors (Lipinski definition) is 1. The minimum atomic E-state index is -2.86. The van der Waals surface area contributed by atoms with Crippen LogP contribution in [0.4, 0.5) is 5.82 Å². The zero-order valence-corrected chi connectivity index (χ0v) is 5.16. The van der Waals surface area contributed by atoms with Crippen LogP contribution in [0.3, 0.4) is 0 Å². The highest BCUT2D eigenvalue weighted by Crippen LogP contribution is 2.10. The van der Waals surface area contributed by atoms with Gasteiger partial charge in [-0.1, -0.05) is 0 Å². The van der Waals surface area contributed by atoms with Crippen LogP contribution in [0, 0.1) is 0 Å². The van der Waals surface area contributed by atoms with Crippen molar-refractivity contribution in [3.05, 3.63) is 18.3 Å². The van der Waals surface area contributed by atoms with Crippen LogP contribution in [0.15, 0.2) is 18.3 Å². The molecule has 54 valence electrons. The van der Waals surface area contributed by atoms with Crippen LogP contribution in [0.25, 0.3) is 0 Å². The van der Waals surface area contributed by atoms with Gasteiger partial charge in [0, 0.05) is 16.4 Å². The fourth-order valence-electron chi connectivity index (χ4n) is 0.550. The van der Waals surface area contributed by atoms with Gasteiger partial charge in [-0.3, -0.25) is 0 Å². The van der Waals surface area contributed by atoms with Gasteiger partial charge in [-0.25, -0.2) is 4.98 Å². The van der Waals surface area contributed by atoms with E-state index in [2.05, 4.69) is 4.98 Å². The molecule has 0 bridgehead atoms. The molecule has 3 nitrogen and oxygen atoms in total. The number of pyridine rings is 1. The Morgan fingerprint density at radius 3 is 3.60 bits per heavy atom. The second-order valence-electron chi connectivity index (χ2n) is 1.62. The molecular weight excluding hydrogens is 128 g/mol. The Labute approximate surface area is 66.9 Å². The van der Waals surface area contributed by atoms with Crippen LogP contribution in [-0.2, 0) is 0 Å². The molecule has 0 aliphatic heterocycles. The lowest BCUT2D eigenvalue weighted by molar-refractivity contribution is 0.340. The minimum Gasteiger partial charge on any atom is -0.494 e. The maximum atomic E-state index is 7.21. The third-order valence-electron chi connectivity index (χ3n) is 0.921. The average Bonchev–Trinajstić information content (AvgIpc) is 2.00. The summed E-state index contributed by atoms with van der Waals surface area (Å²) in [6, 6.07) is 2.59. The number of hydrogen-bond acceptors (Lipinski definition) is 3. The van der Waals surface area contributed by atoms with Gasteiger partial charge in [0.1, 0.15) is 11.6 Å². The van der Waals surface area contributed by atoms with Crippen molar-refractivity contribution < 1.29 is 11.6 Å². The molecule has 0 aliphatic carbocycles. The van der Waals surface area contributed by atoms with Gasteiger partial charge in [0.05, 0.1) is 9.30 Å². The molecule has 0 aromatic carbocycles. The average molecular weight is 143 g/mol. The SMILES string of the molecule is [2H]C([2H])([2H])C([2H])([2H])Oc1ccnc(N)c1. The lowest BCUT2D eigenvalue weighted by Gasteiger charge is -2.01. The molecule has 1 aromatic rings. The topological polar surface area (TPSA) is 48.1 Å². The molecular formula is C7H10N2O. The fraction of sp³-hybridized carbons (Fsp3) is 0.286. The molecule has 0 aliphatic rings. The minimum absolute atomic E-state index is 0.0311. The van der Waals surface area contributed by atoms with Crippen LogP contribution in [0.2, 0.25) is 0 Å². The molecule has 3 heteroatoms. The van der Waals surface area contributed by atoms with Crippen molar-refractivity contribution in [1.29, 1.82) is 0 Å². The van der Waals surface area contributed by atoms with Gasteiger partial charge in [-0.2, -0.15) is 0 Å². The van der Waals surface area contributed by atoms with Crippen LogP contribution < -0.4 is 10.5 Å². The summed E-state index contributed by atoms with van der Waals surface area (Å²) in [4.78, 5) is 3.67. The summed E-state index contributed by atoms with van der Waals surface area (Å²) < 4.78 is 39.9. The van der Waals surface area contributed by atoms with Gasteiger partial charge < -0.3 is 10.5 Å². The van der Waals surface area contributed by atoms with Crippen molar-refractivity contribution in [2.75, 3.05) is 12.3 Å². The second kappa shape index (κ2) is 3.06. The summed E-state index contributed by atoms with van der Waals surface area (Å²) in [6.45, 7) is -5.61. The highest BCUT2D eigenvalue weighted by molar-refractivity contribution is 5.35. The van der Waals surface area contributed by atoms with Crippen molar-refractivity contribution >= 4 is 5.82 Å². The predicted octanol–water partition coefficient (Wildman–Crippen LogP) is 1.06. The molecule has 10 heavy (non-hydrogen) atoms. The van der Waals surface area contributed by atoms with Gasteiger partial charge in [0.2, 0.25) is 0 Å². The number of anilines is 1. The largest absolute Gasteiger partial charge is 0.494 e. The van der Waals surface area contributed by atoms with Gasteiger partial charge in [0.15, 0.2) is 0 Å². The van der Waals surface area contributed by atoms with E-state index in [0.29, 0.717) is 0 Å². The quantitative estimate of drug-likeness (QED) is 0.673. The zero-order chi connectivity index (χ0) is 11.7. The Morgan fingerprint density at radius 2 is 2.90 bits per heavy atom. The van der Waals surface area contributed by atoms with Crippen molar-refractivity contribution in [2.24, 2.45) is 0 Å². The van der Waals surface area contributed by atoms with E-state index in [1.54, 1.807) is 0 Å². The fourth-order valence-corrected chi connectivity index (χ4v) is 0.550. The van der Waals surface area contributed by atoms with Gasteiger partial charge >= 0.3 is 0 Å². The Morgan fingerprint density at radius 1 is 2.00 bits per heavy atom. The summed E-state index contributed by atoms with van der Waals surface area (Å²) in [5.41, 5.74) is 5.33. The second-order valence-corrected chi connectivity index (χ2v) is 1.62. The molecule has 0 saturated carbocycles. The molecule has 1 aromatic heterocycles. The summed E-state index contributed by atoms with van der Waals surface area (Å²) in [5, 5.41) is 0. The molecule has 2 N–H and O–H groups in total. The van der Waals surface area contributed by atoms with Crippen LogP contribution in [0.5, 0.6) is 5.75 Å². The first-order chi connectivity index (χ1) is 6.72. The van der Waals surface area contributed by atoms with Crippen molar-refractivity contribution in [3.63, 3.8) is 0 Å². The molecule has 0 atom stereocenters. The van der Waals surface area contributed by atoms with E-state index >= 15 is 0 Å². The molecule has 0 fully saturated rings. The summed E-state index contributed by atoms with van der Waals surface area (Å²) >= 11 is 0. The molecule has 0 amide bonds. The lowest BCUT2D eigenvalue weighted by atomic mass is 10.4. The van der Waals surface area contributed by atoms with Crippen molar-refractivity contribution in [3.8, 4) is 5.75 Å². The first-order valence-electron chi connectivity index (χ1n) is 5.13. The third kappa shape index (κ3) is 1.62. The molecule has 0 saturated heterocycles. The highest BCUT2D eigenvalue weighted by atomic mass is 16.5. The summed E-state index contributed by atoms with van der Waals surface area (Å²) in [6.07, 6.45) is 1.31. The summed E-state index contributed by atoms with van der Waals surface area (Å²) in [5.74, 6) is 0.164. The van der Waals surface area contributed by atoms with Crippen LogP contribution in [-0.4, -0.2) is 11.5 Å². The number of nitrogens with two attached hydrogens (primary N) is 1. The van der Waals surface area contributed by atoms with Crippen molar-refractivity contribution in [1.82, 2.24) is 4.98 Å². The Hall–Kier alpha value is -1.25. The number of aromatic nitrogens is 1. The number of ether oxygens (including phenoxy) is 1. The standard InChI is InChI=1S/C7H10N2O/c1-2-10-6-3-4-9-7(8)5-6/h3-5H,2H2,1H3,(H2,8,9)/i1D3,2D2. The Bertz CT molecular complexity index is 351. The number of nitrogens with zero attached hydrogens (tertiary/aromatic N) is 1. The van der Waals surface area contributed by atoms with Crippen LogP contribution in [0.1, 0.15) is 13.7 Å². The molecule has 0 radical (unpaired) electrons. The van der Waals surface area contributed by atoms with Gasteiger partial charge in [0.25, 0.3) is 0 Å². The smallest absolute Gasteiger partial charge is 0.126 e. The first kappa shape index (κ1) is 2.78. The Balaban J connectivity index is 2.87. The van der Waals surface area contributed by atoms with Gasteiger partial charge in [-0.15, -0.1) is 0 Å². The van der Waals surface area contributed by atoms with Crippen molar-refractivity contribution in [2.45, 2.75) is 6.85 Å². The number of rotatable bonds is 2. The maximum Gasteiger partial charge on any atom is 0.126 e. The number of nitrogen functional groups attached to an aromatic ring is 1. The van der Waals surface area contributed by atoms with E-state index in [4.69, 9.17) is 17.3 Å². The van der Waals surface area contributed by atoms with Gasteiger partial charge in [-0.05, 0) is 12.9 Å². The molecule has 0 spiro atoms. The van der Waals surface area contributed by atoms with E-state index < -0.39 is 13.4 Å². The summed E-state index contributed by atoms with van der Waals surface area (Å²) in [7, 11) is 0. The zero-order valence-electron chi connectivity index (χ0n) is 10.2. The van der Waals surface area contributed by atoms with E-state index in [0.717, 1.165) is 0 Å². The molecule has 0 unspecified atom stereocenters. The lowest BCUT2D eigenvalue weighted by Crippen LogP contribution is -1.94. The van der Waals surface area contributed by atoms with E-state index in [1.165, 1.54) is 18.3 Å². The highest BCUT2D eigenvalue weighted by Gasteiger charge is 1.90. The maximum absolute atomic E-state index is 7.21. The first-order valence-corrected chi connectivity index (χ1v) is 2.63. The monoisotopic (exact) mass is 143 g/mol. The third-order valence-corrected chi connectivity index (χ3v) is 0.921. The Kier molecular flexibility index (Phi) is 0.849. The van der Waals surface area contributed by atoms with Crippen LogP contribution >= 0.6 is 0 Å². The normalized spacial score (nSPS) is 19.4.